The van der Waals surface area contributed by atoms with Crippen molar-refractivity contribution < 1.29 is 9.18 Å². The number of carbonyl (C=O) groups is 1. The van der Waals surface area contributed by atoms with Gasteiger partial charge in [0.2, 0.25) is 0 Å². The number of likely N-dealkylation sites (N-methyl/N-ethyl adjacent to an activating group) is 1. The predicted molar refractivity (Wildman–Crippen MR) is 80.8 cm³/mol. The SMILES string of the molecule is CCC1CN(CC(C)C(=O)c2ccc(F)cn2)CCN1C. The molecule has 0 amide bonds. The first-order valence-electron chi connectivity index (χ1n) is 7.59. The molecule has 2 atom stereocenters. The summed E-state index contributed by atoms with van der Waals surface area (Å²) >= 11 is 0. The molecule has 1 saturated heterocycles. The summed E-state index contributed by atoms with van der Waals surface area (Å²) < 4.78 is 12.9. The molecule has 2 unspecified atom stereocenters. The third-order valence-corrected chi connectivity index (χ3v) is 4.29. The van der Waals surface area contributed by atoms with Crippen molar-refractivity contribution in [2.75, 3.05) is 33.2 Å². The van der Waals surface area contributed by atoms with Crippen molar-refractivity contribution in [3.63, 3.8) is 0 Å². The number of Topliss-reactive ketones (excluding diaryl/α,β-unsaturated/α-hetero) is 1. The summed E-state index contributed by atoms with van der Waals surface area (Å²) in [6.45, 7) is 7.88. The number of carbonyl (C=O) groups excluding carboxylic acids is 1. The first-order valence-corrected chi connectivity index (χ1v) is 7.59. The topological polar surface area (TPSA) is 36.4 Å². The molecular weight excluding hydrogens is 269 g/mol. The van der Waals surface area contributed by atoms with Crippen LogP contribution in [0.1, 0.15) is 30.8 Å². The van der Waals surface area contributed by atoms with Crippen LogP contribution >= 0.6 is 0 Å². The van der Waals surface area contributed by atoms with Gasteiger partial charge < -0.3 is 4.90 Å². The maximum Gasteiger partial charge on any atom is 0.185 e. The molecule has 0 aromatic carbocycles. The van der Waals surface area contributed by atoms with E-state index in [4.69, 9.17) is 0 Å². The van der Waals surface area contributed by atoms with Crippen molar-refractivity contribution in [2.24, 2.45) is 5.92 Å². The van der Waals surface area contributed by atoms with E-state index in [0.717, 1.165) is 38.8 Å². The van der Waals surface area contributed by atoms with Gasteiger partial charge in [-0.15, -0.1) is 0 Å². The number of aromatic nitrogens is 1. The third kappa shape index (κ3) is 4.08. The van der Waals surface area contributed by atoms with Gasteiger partial charge in [-0.25, -0.2) is 4.39 Å². The molecule has 0 spiro atoms. The van der Waals surface area contributed by atoms with Crippen molar-refractivity contribution in [3.8, 4) is 0 Å². The van der Waals surface area contributed by atoms with Gasteiger partial charge in [0.15, 0.2) is 5.78 Å². The molecule has 1 aliphatic rings. The van der Waals surface area contributed by atoms with Crippen LogP contribution in [0, 0.1) is 11.7 Å². The molecule has 0 N–H and O–H groups in total. The number of pyridine rings is 1. The Morgan fingerprint density at radius 3 is 2.86 bits per heavy atom. The first-order chi connectivity index (χ1) is 10.0. The van der Waals surface area contributed by atoms with Gasteiger partial charge in [-0.05, 0) is 25.6 Å². The zero-order valence-electron chi connectivity index (χ0n) is 13.1. The molecule has 0 aliphatic carbocycles. The largest absolute Gasteiger partial charge is 0.301 e. The molecule has 0 radical (unpaired) electrons. The van der Waals surface area contributed by atoms with E-state index in [1.165, 1.54) is 12.1 Å². The average molecular weight is 293 g/mol. The number of ketones is 1. The fourth-order valence-electron chi connectivity index (χ4n) is 2.86. The van der Waals surface area contributed by atoms with Crippen molar-refractivity contribution in [3.05, 3.63) is 29.8 Å². The van der Waals surface area contributed by atoms with Crippen LogP contribution in [-0.4, -0.2) is 59.8 Å². The highest BCUT2D eigenvalue weighted by Crippen LogP contribution is 2.14. The Balaban J connectivity index is 1.93. The molecule has 1 fully saturated rings. The molecule has 2 heterocycles. The zero-order valence-corrected chi connectivity index (χ0v) is 13.1. The van der Waals surface area contributed by atoms with Crippen LogP contribution in [0.4, 0.5) is 4.39 Å². The summed E-state index contributed by atoms with van der Waals surface area (Å²) in [4.78, 5) is 20.9. The molecule has 5 heteroatoms. The van der Waals surface area contributed by atoms with Crippen molar-refractivity contribution in [1.82, 2.24) is 14.8 Å². The second-order valence-corrected chi connectivity index (χ2v) is 5.93. The second-order valence-electron chi connectivity index (χ2n) is 5.93. The third-order valence-electron chi connectivity index (χ3n) is 4.29. The highest BCUT2D eigenvalue weighted by molar-refractivity contribution is 5.95. The molecule has 21 heavy (non-hydrogen) atoms. The number of rotatable bonds is 5. The minimum absolute atomic E-state index is 0.0121. The quantitative estimate of drug-likeness (QED) is 0.779. The Morgan fingerprint density at radius 1 is 1.48 bits per heavy atom. The van der Waals surface area contributed by atoms with Crippen molar-refractivity contribution in [1.29, 1.82) is 0 Å². The Bertz CT molecular complexity index is 477. The normalized spacial score (nSPS) is 22.2. The molecule has 116 valence electrons. The number of piperazine rings is 1. The maximum absolute atomic E-state index is 12.9. The standard InChI is InChI=1S/C16H24FN3O/c1-4-14-11-20(8-7-19(14)3)10-12(2)16(21)15-6-5-13(17)9-18-15/h5-6,9,12,14H,4,7-8,10-11H2,1-3H3. The molecular formula is C16H24FN3O. The molecule has 1 aliphatic heterocycles. The van der Waals surface area contributed by atoms with Crippen LogP contribution in [0.2, 0.25) is 0 Å². The lowest BCUT2D eigenvalue weighted by Gasteiger charge is -2.39. The summed E-state index contributed by atoms with van der Waals surface area (Å²) in [5.74, 6) is -0.546. The number of halogens is 1. The molecule has 4 nitrogen and oxygen atoms in total. The van der Waals surface area contributed by atoms with E-state index < -0.39 is 5.82 Å². The van der Waals surface area contributed by atoms with Gasteiger partial charge in [-0.1, -0.05) is 13.8 Å². The highest BCUT2D eigenvalue weighted by Gasteiger charge is 2.26. The lowest BCUT2D eigenvalue weighted by molar-refractivity contribution is 0.0714. The predicted octanol–water partition coefficient (Wildman–Crippen LogP) is 2.07. The van der Waals surface area contributed by atoms with E-state index in [1.54, 1.807) is 0 Å². The van der Waals surface area contributed by atoms with E-state index in [0.29, 0.717) is 11.7 Å². The van der Waals surface area contributed by atoms with Crippen LogP contribution in [0.15, 0.2) is 18.3 Å². The minimum Gasteiger partial charge on any atom is -0.301 e. The van der Waals surface area contributed by atoms with Crippen LogP contribution in [0.3, 0.4) is 0 Å². The highest BCUT2D eigenvalue weighted by atomic mass is 19.1. The van der Waals surface area contributed by atoms with Gasteiger partial charge in [0.25, 0.3) is 0 Å². The van der Waals surface area contributed by atoms with Gasteiger partial charge in [0.05, 0.1) is 6.20 Å². The minimum atomic E-state index is -0.413. The molecule has 1 aromatic heterocycles. The van der Waals surface area contributed by atoms with E-state index in [-0.39, 0.29) is 11.7 Å². The molecule has 0 bridgehead atoms. The van der Waals surface area contributed by atoms with Gasteiger partial charge in [0.1, 0.15) is 11.5 Å². The van der Waals surface area contributed by atoms with Crippen LogP contribution in [0.25, 0.3) is 0 Å². The van der Waals surface area contributed by atoms with E-state index in [9.17, 15) is 9.18 Å². The smallest absolute Gasteiger partial charge is 0.185 e. The summed E-state index contributed by atoms with van der Waals surface area (Å²) in [7, 11) is 2.16. The lowest BCUT2D eigenvalue weighted by atomic mass is 10.0. The zero-order chi connectivity index (χ0) is 15.4. The Kier molecular flexibility index (Phi) is 5.42. The summed E-state index contributed by atoms with van der Waals surface area (Å²) in [5, 5.41) is 0. The van der Waals surface area contributed by atoms with Gasteiger partial charge in [0, 0.05) is 38.1 Å². The molecule has 2 rings (SSSR count). The number of hydrogen-bond acceptors (Lipinski definition) is 4. The maximum atomic E-state index is 12.9. The van der Waals surface area contributed by atoms with Crippen LogP contribution in [0.5, 0.6) is 0 Å². The van der Waals surface area contributed by atoms with E-state index in [2.05, 4.69) is 28.8 Å². The summed E-state index contributed by atoms with van der Waals surface area (Å²) in [6.07, 6.45) is 2.22. The Labute approximate surface area is 126 Å². The Morgan fingerprint density at radius 2 is 2.24 bits per heavy atom. The lowest BCUT2D eigenvalue weighted by Crippen LogP contribution is -2.52. The fraction of sp³-hybridized carbons (Fsp3) is 0.625. The van der Waals surface area contributed by atoms with Gasteiger partial charge >= 0.3 is 0 Å². The summed E-state index contributed by atoms with van der Waals surface area (Å²) in [5.41, 5.74) is 0.352. The number of nitrogens with zero attached hydrogens (tertiary/aromatic N) is 3. The van der Waals surface area contributed by atoms with Gasteiger partial charge in [-0.3, -0.25) is 14.7 Å². The average Bonchev–Trinajstić information content (AvgIpc) is 2.49. The number of hydrogen-bond donors (Lipinski definition) is 0. The molecule has 0 saturated carbocycles. The van der Waals surface area contributed by atoms with Gasteiger partial charge in [-0.2, -0.15) is 0 Å². The Hall–Kier alpha value is -1.33. The first kappa shape index (κ1) is 16.0. The monoisotopic (exact) mass is 293 g/mol. The van der Waals surface area contributed by atoms with Crippen LogP contribution in [-0.2, 0) is 0 Å². The van der Waals surface area contributed by atoms with Crippen molar-refractivity contribution in [2.45, 2.75) is 26.3 Å². The van der Waals surface area contributed by atoms with E-state index in [1.807, 2.05) is 6.92 Å². The summed E-state index contributed by atoms with van der Waals surface area (Å²) in [6, 6.07) is 3.31. The van der Waals surface area contributed by atoms with Crippen LogP contribution < -0.4 is 0 Å². The van der Waals surface area contributed by atoms with E-state index >= 15 is 0 Å². The second kappa shape index (κ2) is 7.09. The fourth-order valence-corrected chi connectivity index (χ4v) is 2.86. The molecule has 1 aromatic rings. The van der Waals surface area contributed by atoms with Crippen molar-refractivity contribution >= 4 is 5.78 Å².